The van der Waals surface area contributed by atoms with Gasteiger partial charge < -0.3 is 52.6 Å². The molecule has 0 saturated heterocycles. The molecule has 0 N–H and O–H groups in total. The van der Waals surface area contributed by atoms with Crippen molar-refractivity contribution in [2.45, 2.75) is 166 Å². The molecular weight excluding hydrogens is 1180 g/mol. The van der Waals surface area contributed by atoms with E-state index in [2.05, 4.69) is 29.2 Å². The van der Waals surface area contributed by atoms with Gasteiger partial charge in [-0.15, -0.1) is 47.0 Å². The summed E-state index contributed by atoms with van der Waals surface area (Å²) in [4.78, 5) is 107. The van der Waals surface area contributed by atoms with Crippen LogP contribution in [-0.2, 0) is 76.3 Å². The first-order valence-corrected chi connectivity index (χ1v) is 35.0. The van der Waals surface area contributed by atoms with Crippen LogP contribution in [0.25, 0.3) is 0 Å². The van der Waals surface area contributed by atoms with Gasteiger partial charge in [0.25, 0.3) is 0 Å². The van der Waals surface area contributed by atoms with Crippen molar-refractivity contribution in [1.29, 1.82) is 0 Å². The monoisotopic (exact) mass is 1290 g/mol. The minimum absolute atomic E-state index is 0.0448. The van der Waals surface area contributed by atoms with E-state index in [4.69, 9.17) is 37.9 Å². The van der Waals surface area contributed by atoms with E-state index < -0.39 is 23.9 Å². The number of carbonyl (C=O) groups excluding carboxylic acids is 8. The molecule has 0 aliphatic carbocycles. The Labute approximate surface area is 533 Å². The summed E-state index contributed by atoms with van der Waals surface area (Å²) < 4.78 is 42.9. The fraction of sp³-hybridized carbons (Fsp3) is 0.746. The third-order valence-corrected chi connectivity index (χ3v) is 17.6. The van der Waals surface area contributed by atoms with Crippen molar-refractivity contribution in [2.24, 2.45) is 0 Å². The first-order chi connectivity index (χ1) is 41.5. The number of hydrogen-bond donors (Lipinski definition) is 0. The maximum absolute atomic E-state index is 12.9. The van der Waals surface area contributed by atoms with Crippen LogP contribution >= 0.6 is 47.0 Å². The Morgan fingerprint density at radius 1 is 0.326 bits per heavy atom. The molecule has 0 saturated carbocycles. The lowest BCUT2D eigenvalue weighted by Gasteiger charge is -2.25. The molecule has 0 radical (unpaired) electrons. The summed E-state index contributed by atoms with van der Waals surface area (Å²) in [5, 5.41) is -1.33. The van der Waals surface area contributed by atoms with Crippen molar-refractivity contribution in [1.82, 2.24) is 14.7 Å². The Hall–Kier alpha value is -4.00. The van der Waals surface area contributed by atoms with E-state index in [1.807, 2.05) is 68.8 Å². The van der Waals surface area contributed by atoms with Gasteiger partial charge in [-0.3, -0.25) is 38.4 Å². The van der Waals surface area contributed by atoms with Gasteiger partial charge in [0.15, 0.2) is 0 Å². The molecule has 0 aliphatic rings. The SMILES string of the molecule is C/C=C\CCCSC(C)C(=O)OCCOC(=O)CCN(CCCN(C)CCCN(CCC(=O)OCCOC(=O)C(C)SCCC/C=C\C)CCC(=O)OCCOC(=O)C(C)SCCC/C=C\C)CCC(=O)OCCOC(=O)C(C)SCCC/C=C\C. The highest BCUT2D eigenvalue weighted by Crippen LogP contribution is 2.18. The molecule has 4 atom stereocenters. The molecule has 0 fully saturated rings. The zero-order valence-corrected chi connectivity index (χ0v) is 56.7. The number of carbonyl (C=O) groups is 8. The first-order valence-electron chi connectivity index (χ1n) is 30.8. The summed E-state index contributed by atoms with van der Waals surface area (Å²) in [7, 11) is 1.99. The lowest BCUT2D eigenvalue weighted by Crippen LogP contribution is -2.34. The maximum atomic E-state index is 12.9. The molecule has 0 aliphatic heterocycles. The number of unbranched alkanes of at least 4 members (excludes halogenated alkanes) is 4. The highest BCUT2D eigenvalue weighted by Gasteiger charge is 2.20. The van der Waals surface area contributed by atoms with Crippen LogP contribution in [0.2, 0.25) is 0 Å². The average Bonchev–Trinajstić information content (AvgIpc) is 3.51. The standard InChI is InChI=1S/C63H107N3O16S4/c1-10-14-18-22-48-83-52(5)60(71)79-44-40-75-56(67)28-36-65(37-29-57(68)76-41-45-80-61(72)53(6)84-49-23-19-15-11-2)34-26-32-64(9)33-27-35-66(38-30-58(69)77-42-46-81-62(73)54(7)85-50-24-20-16-12-3)39-31-59(70)78-43-47-82-63(74)55(8)86-51-25-21-17-13-4/h10-17,52-55H,18-51H2,1-9H3/b14-10-,15-11-,16-12-,17-13-. The number of ether oxygens (including phenoxy) is 8. The summed E-state index contributed by atoms with van der Waals surface area (Å²) in [6.07, 6.45) is 25.6. The van der Waals surface area contributed by atoms with Crippen LogP contribution in [0, 0.1) is 0 Å². The summed E-state index contributed by atoms with van der Waals surface area (Å²) in [6.45, 7) is 18.3. The molecule has 19 nitrogen and oxygen atoms in total. The van der Waals surface area contributed by atoms with Gasteiger partial charge in [0.1, 0.15) is 52.9 Å². The van der Waals surface area contributed by atoms with Gasteiger partial charge >= 0.3 is 47.8 Å². The molecule has 86 heavy (non-hydrogen) atoms. The summed E-state index contributed by atoms with van der Waals surface area (Å²) in [6, 6.07) is 0. The van der Waals surface area contributed by atoms with Crippen LogP contribution in [0.3, 0.4) is 0 Å². The van der Waals surface area contributed by atoms with E-state index in [-0.39, 0.29) is 123 Å². The highest BCUT2D eigenvalue weighted by atomic mass is 32.2. The molecule has 0 bridgehead atoms. The van der Waals surface area contributed by atoms with Gasteiger partial charge in [-0.05, 0) is 176 Å². The Balaban J connectivity index is 5.48. The smallest absolute Gasteiger partial charge is 0.318 e. The van der Waals surface area contributed by atoms with Crippen LogP contribution in [0.15, 0.2) is 48.6 Å². The quantitative estimate of drug-likeness (QED) is 0.0239. The van der Waals surface area contributed by atoms with Crippen molar-refractivity contribution >= 4 is 94.8 Å². The van der Waals surface area contributed by atoms with Crippen molar-refractivity contribution < 1.29 is 76.3 Å². The number of thioether (sulfide) groups is 4. The summed E-state index contributed by atoms with van der Waals surface area (Å²) in [5.41, 5.74) is 0. The molecular formula is C63H107N3O16S4. The minimum Gasteiger partial charge on any atom is -0.462 e. The Morgan fingerprint density at radius 2 is 0.547 bits per heavy atom. The van der Waals surface area contributed by atoms with Crippen molar-refractivity contribution in [3.63, 3.8) is 0 Å². The summed E-state index contributed by atoms with van der Waals surface area (Å²) in [5.74, 6) is 0.0410. The predicted molar refractivity (Wildman–Crippen MR) is 350 cm³/mol. The fourth-order valence-corrected chi connectivity index (χ4v) is 11.2. The number of allylic oxidation sites excluding steroid dienone is 8. The second-order valence-electron chi connectivity index (χ2n) is 20.1. The second-order valence-corrected chi connectivity index (χ2v) is 25.9. The van der Waals surface area contributed by atoms with E-state index in [0.717, 1.165) is 74.4 Å². The first kappa shape index (κ1) is 82.0. The number of hydrogen-bond acceptors (Lipinski definition) is 23. The largest absolute Gasteiger partial charge is 0.462 e. The van der Waals surface area contributed by atoms with Crippen molar-refractivity contribution in [3.8, 4) is 0 Å². The Kier molecular flexibility index (Phi) is 54.8. The minimum atomic E-state index is -0.464. The molecule has 0 rings (SSSR count). The maximum Gasteiger partial charge on any atom is 0.318 e. The summed E-state index contributed by atoms with van der Waals surface area (Å²) >= 11 is 6.10. The van der Waals surface area contributed by atoms with Gasteiger partial charge in [-0.2, -0.15) is 0 Å². The van der Waals surface area contributed by atoms with Gasteiger partial charge in [0, 0.05) is 26.2 Å². The van der Waals surface area contributed by atoms with Crippen molar-refractivity contribution in [3.05, 3.63) is 48.6 Å². The third-order valence-electron chi connectivity index (χ3n) is 12.7. The lowest BCUT2D eigenvalue weighted by atomic mass is 10.2. The molecule has 0 aromatic rings. The molecule has 494 valence electrons. The number of rotatable bonds is 56. The van der Waals surface area contributed by atoms with Crippen LogP contribution in [0.5, 0.6) is 0 Å². The Morgan fingerprint density at radius 3 is 0.767 bits per heavy atom. The number of esters is 8. The predicted octanol–water partition coefficient (Wildman–Crippen LogP) is 10.1. The van der Waals surface area contributed by atoms with Gasteiger partial charge in [-0.25, -0.2) is 0 Å². The molecule has 0 aromatic carbocycles. The molecule has 23 heteroatoms. The highest BCUT2D eigenvalue weighted by molar-refractivity contribution is 8.01. The Bertz CT molecular complexity index is 1700. The third kappa shape index (κ3) is 49.9. The molecule has 0 spiro atoms. The van der Waals surface area contributed by atoms with E-state index in [1.54, 1.807) is 27.7 Å². The second kappa shape index (κ2) is 57.4. The van der Waals surface area contributed by atoms with E-state index in [9.17, 15) is 38.4 Å². The molecule has 0 heterocycles. The lowest BCUT2D eigenvalue weighted by molar-refractivity contribution is -0.152. The number of nitrogens with zero attached hydrogens (tertiary/aromatic N) is 3. The van der Waals surface area contributed by atoms with Crippen molar-refractivity contribution in [2.75, 3.05) is 135 Å². The zero-order valence-electron chi connectivity index (χ0n) is 53.5. The van der Waals surface area contributed by atoms with Crippen LogP contribution < -0.4 is 0 Å². The topological polar surface area (TPSA) is 220 Å². The zero-order chi connectivity index (χ0) is 63.8. The molecule has 0 aromatic heterocycles. The van der Waals surface area contributed by atoms with Crippen LogP contribution in [0.4, 0.5) is 0 Å². The van der Waals surface area contributed by atoms with E-state index >= 15 is 0 Å². The van der Waals surface area contributed by atoms with Gasteiger partial charge in [0.2, 0.25) is 0 Å². The molecule has 4 unspecified atom stereocenters. The average molecular weight is 1290 g/mol. The van der Waals surface area contributed by atoms with Gasteiger partial charge in [-0.1, -0.05) is 48.6 Å². The van der Waals surface area contributed by atoms with Crippen LogP contribution in [-0.4, -0.2) is 219 Å². The fourth-order valence-electron chi connectivity index (χ4n) is 7.64. The van der Waals surface area contributed by atoms with E-state index in [0.29, 0.717) is 65.2 Å². The van der Waals surface area contributed by atoms with Gasteiger partial charge in [0.05, 0.1) is 46.7 Å². The van der Waals surface area contributed by atoms with E-state index in [1.165, 1.54) is 47.0 Å². The molecule has 0 amide bonds. The van der Waals surface area contributed by atoms with Crippen LogP contribution in [0.1, 0.15) is 145 Å². The normalized spacial score (nSPS) is 13.2.